The summed E-state index contributed by atoms with van der Waals surface area (Å²) in [6.45, 7) is 3.21. The number of likely N-dealkylation sites (tertiary alicyclic amines) is 1. The molecule has 0 amide bonds. The van der Waals surface area contributed by atoms with Crippen LogP contribution in [0.3, 0.4) is 0 Å². The lowest BCUT2D eigenvalue weighted by atomic mass is 10.2. The largest absolute Gasteiger partial charge is 0.356 e. The summed E-state index contributed by atoms with van der Waals surface area (Å²) in [7, 11) is 1.85. The molecule has 0 radical (unpaired) electrons. The number of para-hydroxylation sites is 1. The molecule has 2 heterocycles. The van der Waals surface area contributed by atoms with Crippen molar-refractivity contribution in [3.63, 3.8) is 0 Å². The molecule has 1 aromatic heterocycles. The van der Waals surface area contributed by atoms with Gasteiger partial charge in [0.2, 0.25) is 0 Å². The van der Waals surface area contributed by atoms with Crippen molar-refractivity contribution in [2.45, 2.75) is 50.6 Å². The number of hydrogen-bond donors (Lipinski definition) is 2. The van der Waals surface area contributed by atoms with Gasteiger partial charge in [-0.05, 0) is 31.4 Å². The molecule has 1 aromatic carbocycles. The lowest BCUT2D eigenvalue weighted by Gasteiger charge is -2.24. The summed E-state index contributed by atoms with van der Waals surface area (Å²) in [6, 6.07) is 13.9. The Hall–Kier alpha value is -2.14. The third-order valence-corrected chi connectivity index (χ3v) is 5.95. The number of aliphatic imine (C=N–C) groups is 1. The molecule has 0 bridgehead atoms. The number of hydrogen-bond acceptors (Lipinski definition) is 3. The van der Waals surface area contributed by atoms with Crippen LogP contribution in [0.4, 0.5) is 0 Å². The molecular weight excluding hydrogens is 334 g/mol. The molecule has 4 rings (SSSR count). The summed E-state index contributed by atoms with van der Waals surface area (Å²) in [5.74, 6) is 0.911. The van der Waals surface area contributed by atoms with Crippen LogP contribution in [0.2, 0.25) is 0 Å². The molecule has 0 spiro atoms. The molecule has 2 N–H and O–H groups in total. The van der Waals surface area contributed by atoms with E-state index in [2.05, 4.69) is 50.9 Å². The third kappa shape index (κ3) is 4.59. The quantitative estimate of drug-likeness (QED) is 0.632. The Morgan fingerprint density at radius 3 is 2.85 bits per heavy atom. The average Bonchev–Trinajstić information content (AvgIpc) is 3.39. The van der Waals surface area contributed by atoms with E-state index in [4.69, 9.17) is 4.98 Å². The first-order valence-electron chi connectivity index (χ1n) is 10.4. The Kier molecular flexibility index (Phi) is 5.87. The molecule has 2 fully saturated rings. The highest BCUT2D eigenvalue weighted by Gasteiger charge is 2.30. The zero-order chi connectivity index (χ0) is 18.5. The standard InChI is InChI=1S/C22H31N5/c1-23-22(26-19-13-15-27(16-19)20-7-3-4-8-20)24-14-12-18-11-10-17-6-2-5-9-21(17)25-18/h2,5-6,9-11,19-20H,3-4,7-8,12-16H2,1H3,(H2,23,24,26). The van der Waals surface area contributed by atoms with Crippen molar-refractivity contribution in [2.75, 3.05) is 26.7 Å². The second-order valence-corrected chi connectivity index (χ2v) is 7.81. The molecule has 144 valence electrons. The zero-order valence-corrected chi connectivity index (χ0v) is 16.3. The topological polar surface area (TPSA) is 52.6 Å². The van der Waals surface area contributed by atoms with Crippen LogP contribution in [0.15, 0.2) is 41.4 Å². The minimum absolute atomic E-state index is 0.510. The summed E-state index contributed by atoms with van der Waals surface area (Å²) >= 11 is 0. The molecular formula is C22H31N5. The molecule has 1 aliphatic heterocycles. The molecule has 1 aliphatic carbocycles. The number of nitrogens with zero attached hydrogens (tertiary/aromatic N) is 3. The maximum absolute atomic E-state index is 4.75. The summed E-state index contributed by atoms with van der Waals surface area (Å²) in [4.78, 5) is 11.8. The highest BCUT2D eigenvalue weighted by atomic mass is 15.3. The van der Waals surface area contributed by atoms with Gasteiger partial charge in [-0.25, -0.2) is 0 Å². The molecule has 5 heteroatoms. The lowest BCUT2D eigenvalue weighted by molar-refractivity contribution is 0.242. The number of rotatable bonds is 5. The molecule has 2 aromatic rings. The van der Waals surface area contributed by atoms with E-state index in [1.54, 1.807) is 0 Å². The van der Waals surface area contributed by atoms with Gasteiger partial charge in [0, 0.05) is 56.3 Å². The second-order valence-electron chi connectivity index (χ2n) is 7.81. The van der Waals surface area contributed by atoms with Crippen molar-refractivity contribution in [3.8, 4) is 0 Å². The minimum Gasteiger partial charge on any atom is -0.356 e. The summed E-state index contributed by atoms with van der Waals surface area (Å²) in [6.07, 6.45) is 7.70. The smallest absolute Gasteiger partial charge is 0.191 e. The van der Waals surface area contributed by atoms with Crippen LogP contribution in [0.25, 0.3) is 10.9 Å². The van der Waals surface area contributed by atoms with Gasteiger partial charge in [-0.3, -0.25) is 14.9 Å². The average molecular weight is 366 g/mol. The first-order valence-corrected chi connectivity index (χ1v) is 10.4. The van der Waals surface area contributed by atoms with Crippen molar-refractivity contribution < 1.29 is 0 Å². The number of aromatic nitrogens is 1. The van der Waals surface area contributed by atoms with Gasteiger partial charge < -0.3 is 10.6 Å². The van der Waals surface area contributed by atoms with Crippen molar-refractivity contribution >= 4 is 16.9 Å². The van der Waals surface area contributed by atoms with E-state index < -0.39 is 0 Å². The fraction of sp³-hybridized carbons (Fsp3) is 0.545. The highest BCUT2D eigenvalue weighted by Crippen LogP contribution is 2.26. The van der Waals surface area contributed by atoms with Crippen molar-refractivity contribution in [1.82, 2.24) is 20.5 Å². The van der Waals surface area contributed by atoms with Crippen LogP contribution in [0.1, 0.15) is 37.8 Å². The van der Waals surface area contributed by atoms with Gasteiger partial charge >= 0.3 is 0 Å². The second kappa shape index (κ2) is 8.70. The van der Waals surface area contributed by atoms with E-state index in [0.717, 1.165) is 42.7 Å². The number of benzene rings is 1. The monoisotopic (exact) mass is 365 g/mol. The van der Waals surface area contributed by atoms with Gasteiger partial charge in [-0.15, -0.1) is 0 Å². The van der Waals surface area contributed by atoms with E-state index in [1.807, 2.05) is 13.1 Å². The van der Waals surface area contributed by atoms with Crippen LogP contribution in [0, 0.1) is 0 Å². The van der Waals surface area contributed by atoms with Crippen LogP contribution >= 0.6 is 0 Å². The first kappa shape index (κ1) is 18.2. The molecule has 1 atom stereocenters. The van der Waals surface area contributed by atoms with Gasteiger partial charge in [0.15, 0.2) is 5.96 Å². The highest BCUT2D eigenvalue weighted by molar-refractivity contribution is 5.80. The van der Waals surface area contributed by atoms with Crippen molar-refractivity contribution in [3.05, 3.63) is 42.1 Å². The molecule has 2 aliphatic rings. The van der Waals surface area contributed by atoms with E-state index >= 15 is 0 Å². The number of guanidine groups is 1. The number of nitrogens with one attached hydrogen (secondary N) is 2. The predicted octanol–water partition coefficient (Wildman–Crippen LogP) is 2.96. The van der Waals surface area contributed by atoms with Crippen LogP contribution < -0.4 is 10.6 Å². The van der Waals surface area contributed by atoms with Crippen LogP contribution in [-0.4, -0.2) is 54.6 Å². The minimum atomic E-state index is 0.510. The van der Waals surface area contributed by atoms with E-state index in [-0.39, 0.29) is 0 Å². The third-order valence-electron chi connectivity index (χ3n) is 5.95. The summed E-state index contributed by atoms with van der Waals surface area (Å²) < 4.78 is 0. The summed E-state index contributed by atoms with van der Waals surface area (Å²) in [5, 5.41) is 8.26. The maximum atomic E-state index is 4.75. The van der Waals surface area contributed by atoms with Gasteiger partial charge in [0.1, 0.15) is 0 Å². The Morgan fingerprint density at radius 2 is 2.00 bits per heavy atom. The number of pyridine rings is 1. The van der Waals surface area contributed by atoms with Crippen LogP contribution in [-0.2, 0) is 6.42 Å². The number of fused-ring (bicyclic) bond motifs is 1. The Labute approximate surface area is 162 Å². The Bertz CT molecular complexity index is 781. The fourth-order valence-electron chi connectivity index (χ4n) is 4.45. The fourth-order valence-corrected chi connectivity index (χ4v) is 4.45. The van der Waals surface area contributed by atoms with Gasteiger partial charge in [0.05, 0.1) is 5.52 Å². The van der Waals surface area contributed by atoms with E-state index in [0.29, 0.717) is 6.04 Å². The van der Waals surface area contributed by atoms with Gasteiger partial charge in [-0.1, -0.05) is 37.1 Å². The maximum Gasteiger partial charge on any atom is 0.191 e. The Balaban J connectivity index is 1.24. The molecule has 1 saturated carbocycles. The summed E-state index contributed by atoms with van der Waals surface area (Å²) in [5.41, 5.74) is 2.18. The van der Waals surface area contributed by atoms with E-state index in [1.165, 1.54) is 44.0 Å². The lowest BCUT2D eigenvalue weighted by Crippen LogP contribution is -2.45. The molecule has 1 saturated heterocycles. The SMILES string of the molecule is CN=C(NCCc1ccc2ccccc2n1)NC1CCN(C2CCCC2)C1. The zero-order valence-electron chi connectivity index (χ0n) is 16.3. The van der Waals surface area contributed by atoms with Crippen molar-refractivity contribution in [2.24, 2.45) is 4.99 Å². The predicted molar refractivity (Wildman–Crippen MR) is 112 cm³/mol. The normalized spacial score (nSPS) is 21.8. The van der Waals surface area contributed by atoms with Crippen molar-refractivity contribution in [1.29, 1.82) is 0 Å². The Morgan fingerprint density at radius 1 is 1.15 bits per heavy atom. The molecule has 5 nitrogen and oxygen atoms in total. The molecule has 1 unspecified atom stereocenters. The molecule has 27 heavy (non-hydrogen) atoms. The van der Waals surface area contributed by atoms with Gasteiger partial charge in [0.25, 0.3) is 0 Å². The first-order chi connectivity index (χ1) is 13.3. The van der Waals surface area contributed by atoms with Gasteiger partial charge in [-0.2, -0.15) is 0 Å². The van der Waals surface area contributed by atoms with Crippen LogP contribution in [0.5, 0.6) is 0 Å². The van der Waals surface area contributed by atoms with E-state index in [9.17, 15) is 0 Å².